The Hall–Kier alpha value is -0.850. The van der Waals surface area contributed by atoms with E-state index in [-0.39, 0.29) is 0 Å². The van der Waals surface area contributed by atoms with Crippen LogP contribution in [0.5, 0.6) is 0 Å². The Bertz CT molecular complexity index is 574. The average molecular weight is 313 g/mol. The smallest absolute Gasteiger partial charge is 0.244 e. The number of nitrogens with zero attached hydrogens (tertiary/aromatic N) is 2. The van der Waals surface area contributed by atoms with Crippen molar-refractivity contribution in [3.63, 3.8) is 0 Å². The standard InChI is InChI=1S/C15H27N3O2S/c1-5-18(10-12(2)3)21(19,20)15-8-14(17(4)11-15)9-16-13-6-7-13/h8,11-13,16H,5-7,9-10H2,1-4H3. The summed E-state index contributed by atoms with van der Waals surface area (Å²) in [5, 5.41) is 3.42. The third-order valence-electron chi connectivity index (χ3n) is 3.79. The number of sulfonamides is 1. The lowest BCUT2D eigenvalue weighted by atomic mass is 10.2. The van der Waals surface area contributed by atoms with Gasteiger partial charge in [-0.1, -0.05) is 20.8 Å². The summed E-state index contributed by atoms with van der Waals surface area (Å²) in [6.45, 7) is 7.75. The number of nitrogens with one attached hydrogen (secondary N) is 1. The molecule has 0 saturated heterocycles. The Morgan fingerprint density at radius 1 is 1.43 bits per heavy atom. The number of aromatic nitrogens is 1. The van der Waals surface area contributed by atoms with Crippen LogP contribution in [0.15, 0.2) is 17.2 Å². The van der Waals surface area contributed by atoms with Crippen LogP contribution in [0.25, 0.3) is 0 Å². The molecule has 0 aromatic carbocycles. The molecule has 0 bridgehead atoms. The Balaban J connectivity index is 2.16. The van der Waals surface area contributed by atoms with Crippen LogP contribution in [0.4, 0.5) is 0 Å². The topological polar surface area (TPSA) is 54.3 Å². The maximum Gasteiger partial charge on any atom is 0.244 e. The summed E-state index contributed by atoms with van der Waals surface area (Å²) >= 11 is 0. The lowest BCUT2D eigenvalue weighted by Gasteiger charge is -2.21. The second-order valence-electron chi connectivity index (χ2n) is 6.28. The van der Waals surface area contributed by atoms with Crippen molar-refractivity contribution >= 4 is 10.0 Å². The molecule has 2 rings (SSSR count). The van der Waals surface area contributed by atoms with Gasteiger partial charge in [0.1, 0.15) is 4.90 Å². The summed E-state index contributed by atoms with van der Waals surface area (Å²) in [6.07, 6.45) is 4.18. The number of rotatable bonds is 8. The van der Waals surface area contributed by atoms with E-state index in [0.717, 1.165) is 12.2 Å². The fraction of sp³-hybridized carbons (Fsp3) is 0.733. The fourth-order valence-corrected chi connectivity index (χ4v) is 4.09. The van der Waals surface area contributed by atoms with Gasteiger partial charge in [-0.2, -0.15) is 4.31 Å². The van der Waals surface area contributed by atoms with Crippen LogP contribution in [0.1, 0.15) is 39.3 Å². The third kappa shape index (κ3) is 4.08. The summed E-state index contributed by atoms with van der Waals surface area (Å²) < 4.78 is 28.9. The van der Waals surface area contributed by atoms with Crippen LogP contribution < -0.4 is 5.32 Å². The first-order valence-electron chi connectivity index (χ1n) is 7.73. The molecule has 0 aliphatic heterocycles. The molecular weight excluding hydrogens is 286 g/mol. The monoisotopic (exact) mass is 313 g/mol. The Morgan fingerprint density at radius 3 is 2.62 bits per heavy atom. The van der Waals surface area contributed by atoms with E-state index in [2.05, 4.69) is 5.32 Å². The van der Waals surface area contributed by atoms with E-state index < -0.39 is 10.0 Å². The first kappa shape index (κ1) is 16.5. The highest BCUT2D eigenvalue weighted by atomic mass is 32.2. The van der Waals surface area contributed by atoms with E-state index in [0.29, 0.717) is 29.9 Å². The second kappa shape index (κ2) is 6.50. The normalized spacial score (nSPS) is 16.1. The van der Waals surface area contributed by atoms with Gasteiger partial charge in [0.15, 0.2) is 0 Å². The van der Waals surface area contributed by atoms with Crippen molar-refractivity contribution in [2.24, 2.45) is 13.0 Å². The highest BCUT2D eigenvalue weighted by Gasteiger charge is 2.26. The number of aryl methyl sites for hydroxylation is 1. The summed E-state index contributed by atoms with van der Waals surface area (Å²) in [7, 11) is -1.48. The molecule has 1 saturated carbocycles. The van der Waals surface area contributed by atoms with Crippen molar-refractivity contribution < 1.29 is 8.42 Å². The van der Waals surface area contributed by atoms with E-state index in [9.17, 15) is 8.42 Å². The van der Waals surface area contributed by atoms with Crippen molar-refractivity contribution in [1.29, 1.82) is 0 Å². The molecular formula is C15H27N3O2S. The van der Waals surface area contributed by atoms with Gasteiger partial charge in [-0.25, -0.2) is 8.42 Å². The summed E-state index contributed by atoms with van der Waals surface area (Å²) in [4.78, 5) is 0.403. The van der Waals surface area contributed by atoms with Gasteiger partial charge >= 0.3 is 0 Å². The van der Waals surface area contributed by atoms with Crippen LogP contribution in [0.3, 0.4) is 0 Å². The highest BCUT2D eigenvalue weighted by molar-refractivity contribution is 7.89. The van der Waals surface area contributed by atoms with E-state index in [1.54, 1.807) is 16.6 Å². The van der Waals surface area contributed by atoms with Crippen LogP contribution >= 0.6 is 0 Å². The van der Waals surface area contributed by atoms with E-state index in [4.69, 9.17) is 0 Å². The van der Waals surface area contributed by atoms with Gasteiger partial charge in [0.2, 0.25) is 10.0 Å². The largest absolute Gasteiger partial charge is 0.352 e. The fourth-order valence-electron chi connectivity index (χ4n) is 2.38. The lowest BCUT2D eigenvalue weighted by molar-refractivity contribution is 0.381. The zero-order valence-electron chi connectivity index (χ0n) is 13.5. The van der Waals surface area contributed by atoms with Gasteiger partial charge in [0.05, 0.1) is 0 Å². The molecule has 0 amide bonds. The first-order valence-corrected chi connectivity index (χ1v) is 9.17. The summed E-state index contributed by atoms with van der Waals surface area (Å²) in [5.41, 5.74) is 1.01. The predicted molar refractivity (Wildman–Crippen MR) is 84.5 cm³/mol. The van der Waals surface area contributed by atoms with Crippen LogP contribution in [0.2, 0.25) is 0 Å². The molecule has 0 unspecified atom stereocenters. The minimum Gasteiger partial charge on any atom is -0.352 e. The Kier molecular flexibility index (Phi) is 5.11. The van der Waals surface area contributed by atoms with Crippen molar-refractivity contribution in [1.82, 2.24) is 14.2 Å². The van der Waals surface area contributed by atoms with Crippen LogP contribution in [-0.4, -0.2) is 36.4 Å². The number of hydrogen-bond donors (Lipinski definition) is 1. The zero-order valence-corrected chi connectivity index (χ0v) is 14.3. The number of hydrogen-bond acceptors (Lipinski definition) is 3. The lowest BCUT2D eigenvalue weighted by Crippen LogP contribution is -2.33. The van der Waals surface area contributed by atoms with Crippen molar-refractivity contribution in [3.05, 3.63) is 18.0 Å². The first-order chi connectivity index (χ1) is 9.84. The molecule has 1 aliphatic rings. The van der Waals surface area contributed by atoms with Crippen LogP contribution in [-0.2, 0) is 23.6 Å². The maximum absolute atomic E-state index is 12.7. The van der Waals surface area contributed by atoms with Gasteiger partial charge in [-0.15, -0.1) is 0 Å². The minimum absolute atomic E-state index is 0.319. The molecule has 0 spiro atoms. The molecule has 1 fully saturated rings. The van der Waals surface area contributed by atoms with Gasteiger partial charge in [0.25, 0.3) is 0 Å². The van der Waals surface area contributed by atoms with Gasteiger partial charge in [0, 0.05) is 44.6 Å². The summed E-state index contributed by atoms with van der Waals surface area (Å²) in [6, 6.07) is 2.42. The molecule has 120 valence electrons. The quantitative estimate of drug-likeness (QED) is 0.798. The van der Waals surface area contributed by atoms with Gasteiger partial charge in [-0.3, -0.25) is 0 Å². The molecule has 0 radical (unpaired) electrons. The van der Waals surface area contributed by atoms with E-state index in [1.807, 2.05) is 32.4 Å². The molecule has 0 atom stereocenters. The minimum atomic E-state index is -3.39. The average Bonchev–Trinajstić information content (AvgIpc) is 3.16. The molecule has 1 aromatic heterocycles. The third-order valence-corrected chi connectivity index (χ3v) is 5.70. The predicted octanol–water partition coefficient (Wildman–Crippen LogP) is 1.94. The van der Waals surface area contributed by atoms with E-state index >= 15 is 0 Å². The molecule has 1 aliphatic carbocycles. The molecule has 1 aromatic rings. The van der Waals surface area contributed by atoms with Crippen molar-refractivity contribution in [2.45, 2.75) is 51.1 Å². The van der Waals surface area contributed by atoms with Gasteiger partial charge < -0.3 is 9.88 Å². The van der Waals surface area contributed by atoms with Crippen molar-refractivity contribution in [3.8, 4) is 0 Å². The second-order valence-corrected chi connectivity index (χ2v) is 8.22. The molecule has 6 heteroatoms. The molecule has 21 heavy (non-hydrogen) atoms. The highest BCUT2D eigenvalue weighted by Crippen LogP contribution is 2.22. The summed E-state index contributed by atoms with van der Waals surface area (Å²) in [5.74, 6) is 0.319. The SMILES string of the molecule is CCN(CC(C)C)S(=O)(=O)c1cc(CNC2CC2)n(C)c1. The van der Waals surface area contributed by atoms with Crippen molar-refractivity contribution in [2.75, 3.05) is 13.1 Å². The maximum atomic E-state index is 12.7. The molecule has 1 N–H and O–H groups in total. The van der Waals surface area contributed by atoms with Gasteiger partial charge in [-0.05, 0) is 24.8 Å². The molecule has 1 heterocycles. The zero-order chi connectivity index (χ0) is 15.6. The molecule has 5 nitrogen and oxygen atoms in total. The van der Waals surface area contributed by atoms with E-state index in [1.165, 1.54) is 12.8 Å². The Morgan fingerprint density at radius 2 is 2.10 bits per heavy atom. The Labute approximate surface area is 128 Å². The van der Waals surface area contributed by atoms with Crippen LogP contribution in [0, 0.1) is 5.92 Å².